The van der Waals surface area contributed by atoms with Crippen LogP contribution in [0.25, 0.3) is 6.08 Å². The van der Waals surface area contributed by atoms with Crippen molar-refractivity contribution in [3.8, 4) is 11.8 Å². The molecule has 1 aliphatic rings. The summed E-state index contributed by atoms with van der Waals surface area (Å²) in [5, 5.41) is 9.14. The van der Waals surface area contributed by atoms with E-state index < -0.39 is 0 Å². The molecule has 4 nitrogen and oxygen atoms in total. The Morgan fingerprint density at radius 1 is 1.24 bits per heavy atom. The molecule has 1 heterocycles. The van der Waals surface area contributed by atoms with E-state index in [1.165, 1.54) is 0 Å². The van der Waals surface area contributed by atoms with Gasteiger partial charge in [0.2, 0.25) is 5.91 Å². The van der Waals surface area contributed by atoms with Crippen molar-refractivity contribution in [3.63, 3.8) is 0 Å². The zero-order valence-electron chi connectivity index (χ0n) is 14.2. The Morgan fingerprint density at radius 2 is 2.00 bits per heavy atom. The molecule has 4 heteroatoms. The number of nitrogens with zero attached hydrogens (tertiary/aromatic N) is 2. The zero-order chi connectivity index (χ0) is 17.6. The average molecular weight is 332 g/mol. The molecule has 1 amide bonds. The molecule has 0 bridgehead atoms. The summed E-state index contributed by atoms with van der Waals surface area (Å²) in [6, 6.07) is 17.4. The van der Waals surface area contributed by atoms with Crippen LogP contribution in [0.5, 0.6) is 5.75 Å². The number of likely N-dealkylation sites (tertiary alicyclic amines) is 1. The number of amides is 1. The van der Waals surface area contributed by atoms with Crippen LogP contribution in [0.4, 0.5) is 0 Å². The van der Waals surface area contributed by atoms with Crippen molar-refractivity contribution in [3.05, 3.63) is 71.3 Å². The molecule has 0 aromatic heterocycles. The van der Waals surface area contributed by atoms with Crippen molar-refractivity contribution in [2.45, 2.75) is 18.9 Å². The van der Waals surface area contributed by atoms with E-state index in [0.29, 0.717) is 5.56 Å². The molecule has 0 spiro atoms. The van der Waals surface area contributed by atoms with Crippen LogP contribution in [0.3, 0.4) is 0 Å². The Morgan fingerprint density at radius 3 is 2.72 bits per heavy atom. The van der Waals surface area contributed by atoms with Gasteiger partial charge >= 0.3 is 0 Å². The van der Waals surface area contributed by atoms with Gasteiger partial charge in [-0.15, -0.1) is 0 Å². The summed E-state index contributed by atoms with van der Waals surface area (Å²) in [6.07, 6.45) is 5.24. The van der Waals surface area contributed by atoms with E-state index in [4.69, 9.17) is 10.00 Å². The summed E-state index contributed by atoms with van der Waals surface area (Å²) in [6.45, 7) is 0.750. The van der Waals surface area contributed by atoms with Crippen LogP contribution in [0.2, 0.25) is 0 Å². The van der Waals surface area contributed by atoms with Gasteiger partial charge in [-0.2, -0.15) is 5.26 Å². The lowest BCUT2D eigenvalue weighted by Gasteiger charge is -2.24. The van der Waals surface area contributed by atoms with Crippen molar-refractivity contribution >= 4 is 12.0 Å². The van der Waals surface area contributed by atoms with Crippen LogP contribution in [0, 0.1) is 11.3 Å². The van der Waals surface area contributed by atoms with Crippen LogP contribution >= 0.6 is 0 Å². The van der Waals surface area contributed by atoms with Gasteiger partial charge in [0.15, 0.2) is 0 Å². The molecule has 2 aromatic carbocycles. The first-order valence-corrected chi connectivity index (χ1v) is 8.34. The SMILES string of the molecule is COc1ccc(C2CCCN2C(=O)/C=C/c2ccccc2C#N)cc1. The fourth-order valence-electron chi connectivity index (χ4n) is 3.20. The normalized spacial score (nSPS) is 16.8. The number of nitriles is 1. The maximum absolute atomic E-state index is 12.7. The van der Waals surface area contributed by atoms with Gasteiger partial charge in [-0.25, -0.2) is 0 Å². The summed E-state index contributed by atoms with van der Waals surface area (Å²) in [4.78, 5) is 14.6. The van der Waals surface area contributed by atoms with Crippen LogP contribution in [0.1, 0.15) is 35.6 Å². The largest absolute Gasteiger partial charge is 0.497 e. The molecule has 126 valence electrons. The number of hydrogen-bond acceptors (Lipinski definition) is 3. The predicted molar refractivity (Wildman–Crippen MR) is 96.9 cm³/mol. The third-order valence-corrected chi connectivity index (χ3v) is 4.52. The number of carbonyl (C=O) groups excluding carboxylic acids is 1. The van der Waals surface area contributed by atoms with Gasteiger partial charge in [0.25, 0.3) is 0 Å². The molecule has 1 saturated heterocycles. The number of carbonyl (C=O) groups is 1. The Kier molecular flexibility index (Phi) is 5.15. The smallest absolute Gasteiger partial charge is 0.247 e. The monoisotopic (exact) mass is 332 g/mol. The Hall–Kier alpha value is -3.06. The van der Waals surface area contributed by atoms with Crippen molar-refractivity contribution < 1.29 is 9.53 Å². The molecular formula is C21H20N2O2. The molecule has 0 saturated carbocycles. The predicted octanol–water partition coefficient (Wildman–Crippen LogP) is 3.94. The first kappa shape index (κ1) is 16.8. The minimum Gasteiger partial charge on any atom is -0.497 e. The average Bonchev–Trinajstić information content (AvgIpc) is 3.16. The number of benzene rings is 2. The first-order valence-electron chi connectivity index (χ1n) is 8.34. The molecule has 2 aromatic rings. The molecule has 1 aliphatic heterocycles. The second kappa shape index (κ2) is 7.67. The Labute approximate surface area is 148 Å². The first-order chi connectivity index (χ1) is 12.2. The van der Waals surface area contributed by atoms with E-state index in [2.05, 4.69) is 6.07 Å². The highest BCUT2D eigenvalue weighted by Crippen LogP contribution is 2.33. The molecule has 0 N–H and O–H groups in total. The topological polar surface area (TPSA) is 53.3 Å². The van der Waals surface area contributed by atoms with E-state index in [-0.39, 0.29) is 11.9 Å². The van der Waals surface area contributed by atoms with Crippen LogP contribution in [0.15, 0.2) is 54.6 Å². The van der Waals surface area contributed by atoms with Gasteiger partial charge in [-0.1, -0.05) is 30.3 Å². The fourth-order valence-corrected chi connectivity index (χ4v) is 3.20. The third-order valence-electron chi connectivity index (χ3n) is 4.52. The lowest BCUT2D eigenvalue weighted by atomic mass is 10.0. The lowest BCUT2D eigenvalue weighted by Crippen LogP contribution is -2.28. The van der Waals surface area contributed by atoms with Crippen LogP contribution in [-0.4, -0.2) is 24.5 Å². The molecule has 3 rings (SSSR count). The highest BCUT2D eigenvalue weighted by molar-refractivity contribution is 5.92. The van der Waals surface area contributed by atoms with Gasteiger partial charge in [0.05, 0.1) is 24.8 Å². The summed E-state index contributed by atoms with van der Waals surface area (Å²) >= 11 is 0. The van der Waals surface area contributed by atoms with Crippen molar-refractivity contribution in [2.75, 3.05) is 13.7 Å². The number of rotatable bonds is 4. The van der Waals surface area contributed by atoms with E-state index >= 15 is 0 Å². The summed E-state index contributed by atoms with van der Waals surface area (Å²) in [7, 11) is 1.64. The van der Waals surface area contributed by atoms with E-state index in [9.17, 15) is 4.79 Å². The second-order valence-corrected chi connectivity index (χ2v) is 6.00. The van der Waals surface area contributed by atoms with E-state index in [1.54, 1.807) is 25.3 Å². The Balaban J connectivity index is 1.76. The van der Waals surface area contributed by atoms with Crippen molar-refractivity contribution in [1.82, 2.24) is 4.90 Å². The highest BCUT2D eigenvalue weighted by atomic mass is 16.5. The molecular weight excluding hydrogens is 312 g/mol. The fraction of sp³-hybridized carbons (Fsp3) is 0.238. The molecule has 1 unspecified atom stereocenters. The Bertz CT molecular complexity index is 819. The standard InChI is InChI=1S/C21H20N2O2/c1-25-19-11-8-17(9-12-19)20-7-4-14-23(20)21(24)13-10-16-5-2-3-6-18(16)15-22/h2-3,5-6,8-13,20H,4,7,14H2,1H3/b13-10+. The molecule has 1 fully saturated rings. The summed E-state index contributed by atoms with van der Waals surface area (Å²) in [5.41, 5.74) is 2.45. The maximum atomic E-state index is 12.7. The number of methoxy groups -OCH3 is 1. The van der Waals surface area contributed by atoms with Gasteiger partial charge in [0, 0.05) is 12.6 Å². The summed E-state index contributed by atoms with van der Waals surface area (Å²) in [5.74, 6) is 0.790. The quantitative estimate of drug-likeness (QED) is 0.797. The minimum atomic E-state index is -0.0222. The van der Waals surface area contributed by atoms with Gasteiger partial charge in [-0.05, 0) is 48.2 Å². The zero-order valence-corrected chi connectivity index (χ0v) is 14.2. The molecule has 0 radical (unpaired) electrons. The number of hydrogen-bond donors (Lipinski definition) is 0. The van der Waals surface area contributed by atoms with Gasteiger partial charge in [-0.3, -0.25) is 4.79 Å². The van der Waals surface area contributed by atoms with Crippen LogP contribution < -0.4 is 4.74 Å². The molecule has 25 heavy (non-hydrogen) atoms. The van der Waals surface area contributed by atoms with Crippen molar-refractivity contribution in [1.29, 1.82) is 5.26 Å². The van der Waals surface area contributed by atoms with Crippen molar-refractivity contribution in [2.24, 2.45) is 0 Å². The van der Waals surface area contributed by atoms with Gasteiger partial charge < -0.3 is 9.64 Å². The molecule has 0 aliphatic carbocycles. The minimum absolute atomic E-state index is 0.0222. The maximum Gasteiger partial charge on any atom is 0.247 e. The third kappa shape index (κ3) is 3.72. The number of ether oxygens (including phenoxy) is 1. The summed E-state index contributed by atoms with van der Waals surface area (Å²) < 4.78 is 5.20. The second-order valence-electron chi connectivity index (χ2n) is 6.00. The van der Waals surface area contributed by atoms with Gasteiger partial charge in [0.1, 0.15) is 5.75 Å². The molecule has 1 atom stereocenters. The van der Waals surface area contributed by atoms with E-state index in [0.717, 1.165) is 36.3 Å². The van der Waals surface area contributed by atoms with E-state index in [1.807, 2.05) is 47.4 Å². The van der Waals surface area contributed by atoms with Crippen LogP contribution in [-0.2, 0) is 4.79 Å². The lowest BCUT2D eigenvalue weighted by molar-refractivity contribution is -0.126. The highest BCUT2D eigenvalue weighted by Gasteiger charge is 2.28.